The summed E-state index contributed by atoms with van der Waals surface area (Å²) in [7, 11) is 0. The molecule has 4 aromatic rings. The summed E-state index contributed by atoms with van der Waals surface area (Å²) in [4.78, 5) is 10.8. The van der Waals surface area contributed by atoms with Crippen molar-refractivity contribution in [2.45, 2.75) is 0 Å². The number of hydrogen-bond donors (Lipinski definition) is 1. The summed E-state index contributed by atoms with van der Waals surface area (Å²) in [6, 6.07) is 22.3. The fourth-order valence-corrected chi connectivity index (χ4v) is 3.02. The third-order valence-corrected chi connectivity index (χ3v) is 4.04. The lowest BCUT2D eigenvalue weighted by Crippen LogP contribution is -2.09. The topological polar surface area (TPSA) is 46.5 Å². The predicted molar refractivity (Wildman–Crippen MR) is 92.1 cm³/mol. The molecule has 0 aliphatic rings. The van der Waals surface area contributed by atoms with Gasteiger partial charge in [0.05, 0.1) is 0 Å². The van der Waals surface area contributed by atoms with Crippen molar-refractivity contribution in [2.24, 2.45) is 0 Å². The van der Waals surface area contributed by atoms with Crippen molar-refractivity contribution in [1.82, 2.24) is 0 Å². The maximum absolute atomic E-state index is 10.8. The normalized spacial score (nSPS) is 11.1. The van der Waals surface area contributed by atoms with E-state index in [1.54, 1.807) is 0 Å². The minimum Gasteiger partial charge on any atom is -0.481 e. The van der Waals surface area contributed by atoms with Crippen molar-refractivity contribution in [1.29, 1.82) is 0 Å². The van der Waals surface area contributed by atoms with Gasteiger partial charge >= 0.3 is 5.97 Å². The highest BCUT2D eigenvalue weighted by atomic mass is 16.5. The van der Waals surface area contributed by atoms with Crippen molar-refractivity contribution >= 4 is 38.3 Å². The highest BCUT2D eigenvalue weighted by molar-refractivity contribution is 6.14. The standard InChI is InChI=1S/C20H14O3/c21-20(22)12-23-19-11-15-9-13-5-1-2-6-14(13)10-18(15)16-7-3-4-8-17(16)19/h1-11H,12H2,(H,21,22). The third-order valence-electron chi connectivity index (χ3n) is 4.04. The Hall–Kier alpha value is -3.07. The summed E-state index contributed by atoms with van der Waals surface area (Å²) in [6.07, 6.45) is 0. The number of rotatable bonds is 3. The van der Waals surface area contributed by atoms with Gasteiger partial charge in [0.15, 0.2) is 6.61 Å². The van der Waals surface area contributed by atoms with E-state index in [4.69, 9.17) is 9.84 Å². The molecule has 0 aromatic heterocycles. The van der Waals surface area contributed by atoms with Crippen LogP contribution >= 0.6 is 0 Å². The van der Waals surface area contributed by atoms with E-state index in [2.05, 4.69) is 24.3 Å². The minimum absolute atomic E-state index is 0.344. The second kappa shape index (κ2) is 5.29. The predicted octanol–water partition coefficient (Wildman–Crippen LogP) is 4.61. The Morgan fingerprint density at radius 2 is 1.43 bits per heavy atom. The lowest BCUT2D eigenvalue weighted by Gasteiger charge is -2.12. The van der Waals surface area contributed by atoms with Crippen LogP contribution in [0, 0.1) is 0 Å². The lowest BCUT2D eigenvalue weighted by molar-refractivity contribution is -0.139. The SMILES string of the molecule is O=C(O)COc1cc2cc3ccccc3cc2c2ccccc12. The summed E-state index contributed by atoms with van der Waals surface area (Å²) in [5.41, 5.74) is 0. The highest BCUT2D eigenvalue weighted by Crippen LogP contribution is 2.35. The van der Waals surface area contributed by atoms with Gasteiger partial charge in [-0.2, -0.15) is 0 Å². The molecule has 0 heterocycles. The molecule has 112 valence electrons. The van der Waals surface area contributed by atoms with Crippen LogP contribution in [0.5, 0.6) is 5.75 Å². The Balaban J connectivity index is 2.05. The zero-order chi connectivity index (χ0) is 15.8. The number of hydrogen-bond acceptors (Lipinski definition) is 2. The smallest absolute Gasteiger partial charge is 0.341 e. The van der Waals surface area contributed by atoms with Crippen LogP contribution in [0.2, 0.25) is 0 Å². The maximum atomic E-state index is 10.8. The quantitative estimate of drug-likeness (QED) is 0.444. The van der Waals surface area contributed by atoms with Gasteiger partial charge in [-0.05, 0) is 45.1 Å². The van der Waals surface area contributed by atoms with E-state index >= 15 is 0 Å². The van der Waals surface area contributed by atoms with Crippen LogP contribution in [0.25, 0.3) is 32.3 Å². The van der Waals surface area contributed by atoms with Crippen molar-refractivity contribution in [3.8, 4) is 5.75 Å². The molecule has 3 nitrogen and oxygen atoms in total. The van der Waals surface area contributed by atoms with Crippen molar-refractivity contribution in [3.63, 3.8) is 0 Å². The minimum atomic E-state index is -0.979. The largest absolute Gasteiger partial charge is 0.481 e. The van der Waals surface area contributed by atoms with E-state index < -0.39 is 5.97 Å². The Morgan fingerprint density at radius 1 is 0.783 bits per heavy atom. The van der Waals surface area contributed by atoms with E-state index in [1.807, 2.05) is 42.5 Å². The number of carboxylic acids is 1. The van der Waals surface area contributed by atoms with Gasteiger partial charge in [-0.15, -0.1) is 0 Å². The van der Waals surface area contributed by atoms with Crippen LogP contribution in [0.4, 0.5) is 0 Å². The fourth-order valence-electron chi connectivity index (χ4n) is 3.02. The molecule has 0 saturated heterocycles. The molecule has 0 unspecified atom stereocenters. The fraction of sp³-hybridized carbons (Fsp3) is 0.0500. The first kappa shape index (κ1) is 13.6. The van der Waals surface area contributed by atoms with Crippen LogP contribution in [-0.2, 0) is 4.79 Å². The van der Waals surface area contributed by atoms with Gasteiger partial charge in [-0.3, -0.25) is 0 Å². The summed E-state index contributed by atoms with van der Waals surface area (Å²) < 4.78 is 5.50. The van der Waals surface area contributed by atoms with Crippen molar-refractivity contribution in [2.75, 3.05) is 6.61 Å². The molecule has 0 atom stereocenters. The molecule has 0 bridgehead atoms. The molecule has 1 N–H and O–H groups in total. The van der Waals surface area contributed by atoms with Gasteiger partial charge in [0, 0.05) is 5.39 Å². The van der Waals surface area contributed by atoms with Gasteiger partial charge in [-0.1, -0.05) is 48.5 Å². The molecule has 0 aliphatic heterocycles. The average Bonchev–Trinajstić information content (AvgIpc) is 2.58. The second-order valence-electron chi connectivity index (χ2n) is 5.52. The van der Waals surface area contributed by atoms with E-state index in [1.165, 1.54) is 5.39 Å². The maximum Gasteiger partial charge on any atom is 0.341 e. The number of benzene rings is 4. The first-order valence-corrected chi connectivity index (χ1v) is 7.41. The first-order chi connectivity index (χ1) is 11.2. The second-order valence-corrected chi connectivity index (χ2v) is 5.52. The summed E-state index contributed by atoms with van der Waals surface area (Å²) in [5.74, 6) is -0.376. The monoisotopic (exact) mass is 302 g/mol. The highest BCUT2D eigenvalue weighted by Gasteiger charge is 2.09. The number of fused-ring (bicyclic) bond motifs is 4. The van der Waals surface area contributed by atoms with E-state index in [9.17, 15) is 4.79 Å². The van der Waals surface area contributed by atoms with Gasteiger partial charge < -0.3 is 9.84 Å². The van der Waals surface area contributed by atoms with E-state index in [0.29, 0.717) is 5.75 Å². The molecule has 0 amide bonds. The van der Waals surface area contributed by atoms with Crippen molar-refractivity contribution < 1.29 is 14.6 Å². The zero-order valence-corrected chi connectivity index (χ0v) is 12.3. The molecule has 0 spiro atoms. The first-order valence-electron chi connectivity index (χ1n) is 7.41. The molecule has 0 saturated carbocycles. The number of carboxylic acid groups (broad SMARTS) is 1. The van der Waals surface area contributed by atoms with Crippen LogP contribution < -0.4 is 4.74 Å². The summed E-state index contributed by atoms with van der Waals surface area (Å²) in [5, 5.41) is 15.4. The number of aliphatic carboxylic acids is 1. The van der Waals surface area contributed by atoms with Gasteiger partial charge in [0.1, 0.15) is 5.75 Å². The molecule has 23 heavy (non-hydrogen) atoms. The third kappa shape index (κ3) is 2.36. The molecule has 3 heteroatoms. The van der Waals surface area contributed by atoms with Crippen LogP contribution in [0.15, 0.2) is 66.7 Å². The molecule has 0 aliphatic carbocycles. The van der Waals surface area contributed by atoms with Crippen LogP contribution in [-0.4, -0.2) is 17.7 Å². The molecule has 0 radical (unpaired) electrons. The summed E-state index contributed by atoms with van der Waals surface area (Å²) >= 11 is 0. The van der Waals surface area contributed by atoms with Gasteiger partial charge in [-0.25, -0.2) is 4.79 Å². The Kier molecular flexibility index (Phi) is 3.12. The van der Waals surface area contributed by atoms with E-state index in [0.717, 1.165) is 26.9 Å². The van der Waals surface area contributed by atoms with Crippen LogP contribution in [0.1, 0.15) is 0 Å². The lowest BCUT2D eigenvalue weighted by atomic mass is 9.97. The number of ether oxygens (including phenoxy) is 1. The molecular weight excluding hydrogens is 288 g/mol. The van der Waals surface area contributed by atoms with E-state index in [-0.39, 0.29) is 6.61 Å². The average molecular weight is 302 g/mol. The Morgan fingerprint density at radius 3 is 2.17 bits per heavy atom. The molecule has 0 fully saturated rings. The summed E-state index contributed by atoms with van der Waals surface area (Å²) in [6.45, 7) is -0.344. The number of carbonyl (C=O) groups is 1. The van der Waals surface area contributed by atoms with Gasteiger partial charge in [0.2, 0.25) is 0 Å². The Bertz CT molecular complexity index is 1050. The molecular formula is C20H14O3. The zero-order valence-electron chi connectivity index (χ0n) is 12.3. The Labute approximate surface area is 132 Å². The van der Waals surface area contributed by atoms with Gasteiger partial charge in [0.25, 0.3) is 0 Å². The van der Waals surface area contributed by atoms with Crippen molar-refractivity contribution in [3.05, 3.63) is 66.7 Å². The van der Waals surface area contributed by atoms with Crippen LogP contribution in [0.3, 0.4) is 0 Å². The molecule has 4 rings (SSSR count). The molecule has 4 aromatic carbocycles.